The minimum atomic E-state index is 0.679. The van der Waals surface area contributed by atoms with Crippen LogP contribution < -0.4 is 0 Å². The summed E-state index contributed by atoms with van der Waals surface area (Å²) in [5, 5.41) is 0. The van der Waals surface area contributed by atoms with Crippen LogP contribution in [-0.4, -0.2) is 0 Å². The van der Waals surface area contributed by atoms with Crippen LogP contribution in [0.15, 0.2) is 48.5 Å². The van der Waals surface area contributed by atoms with Gasteiger partial charge >= 0.3 is 0 Å². The van der Waals surface area contributed by atoms with Crippen LogP contribution in [0.1, 0.15) is 43.7 Å². The van der Waals surface area contributed by atoms with Crippen LogP contribution in [0.4, 0.5) is 0 Å². The lowest BCUT2D eigenvalue weighted by molar-refractivity contribution is 0.464. The molecule has 92 valence electrons. The van der Waals surface area contributed by atoms with Crippen LogP contribution in [0.5, 0.6) is 0 Å². The molecule has 0 saturated heterocycles. The van der Waals surface area contributed by atoms with Crippen molar-refractivity contribution in [1.29, 1.82) is 0 Å². The van der Waals surface area contributed by atoms with E-state index in [4.69, 9.17) is 0 Å². The third-order valence-electron chi connectivity index (χ3n) is 4.75. The van der Waals surface area contributed by atoms with Crippen molar-refractivity contribution in [3.05, 3.63) is 59.7 Å². The van der Waals surface area contributed by atoms with Crippen molar-refractivity contribution in [2.75, 3.05) is 0 Å². The van der Waals surface area contributed by atoms with Crippen molar-refractivity contribution >= 4 is 0 Å². The molecule has 0 amide bonds. The van der Waals surface area contributed by atoms with Crippen LogP contribution >= 0.6 is 0 Å². The molecule has 3 atom stereocenters. The first-order valence-corrected chi connectivity index (χ1v) is 6.87. The lowest BCUT2D eigenvalue weighted by Gasteiger charge is -2.13. The van der Waals surface area contributed by atoms with Gasteiger partial charge in [0.1, 0.15) is 0 Å². The first kappa shape index (κ1) is 11.5. The van der Waals surface area contributed by atoms with Gasteiger partial charge in [0.2, 0.25) is 0 Å². The molecule has 0 nitrogen and oxygen atoms in total. The second-order valence-corrected chi connectivity index (χ2v) is 5.65. The molecule has 0 bridgehead atoms. The topological polar surface area (TPSA) is 0 Å². The maximum absolute atomic E-state index is 2.40. The Morgan fingerprint density at radius 1 is 0.667 bits per heavy atom. The van der Waals surface area contributed by atoms with E-state index in [2.05, 4.69) is 69.3 Å². The number of hydrogen-bond acceptors (Lipinski definition) is 0. The molecule has 2 aromatic rings. The zero-order valence-corrected chi connectivity index (χ0v) is 11.4. The third-order valence-corrected chi connectivity index (χ3v) is 4.75. The zero-order valence-electron chi connectivity index (χ0n) is 11.4. The highest BCUT2D eigenvalue weighted by Crippen LogP contribution is 2.46. The molecule has 0 heteroatoms. The van der Waals surface area contributed by atoms with Crippen LogP contribution in [0, 0.1) is 5.92 Å². The molecule has 0 N–H and O–H groups in total. The van der Waals surface area contributed by atoms with E-state index in [0.29, 0.717) is 11.8 Å². The highest BCUT2D eigenvalue weighted by molar-refractivity contribution is 5.66. The molecule has 0 aromatic heterocycles. The Morgan fingerprint density at radius 2 is 1.33 bits per heavy atom. The van der Waals surface area contributed by atoms with Crippen LogP contribution in [-0.2, 0) is 0 Å². The van der Waals surface area contributed by atoms with Crippen molar-refractivity contribution in [3.8, 4) is 11.1 Å². The third kappa shape index (κ3) is 1.68. The summed E-state index contributed by atoms with van der Waals surface area (Å²) in [5.41, 5.74) is 5.77. The Hall–Kier alpha value is -1.56. The van der Waals surface area contributed by atoms with Gasteiger partial charge in [-0.2, -0.15) is 0 Å². The zero-order chi connectivity index (χ0) is 12.7. The van der Waals surface area contributed by atoms with Crippen LogP contribution in [0.3, 0.4) is 0 Å². The molecule has 0 radical (unpaired) electrons. The maximum atomic E-state index is 2.40. The van der Waals surface area contributed by atoms with E-state index < -0.39 is 0 Å². The average Bonchev–Trinajstić information content (AvgIpc) is 2.65. The van der Waals surface area contributed by atoms with Crippen LogP contribution in [0.2, 0.25) is 0 Å². The Labute approximate surface area is 110 Å². The van der Waals surface area contributed by atoms with Gasteiger partial charge in [0.15, 0.2) is 0 Å². The van der Waals surface area contributed by atoms with E-state index in [-0.39, 0.29) is 0 Å². The number of rotatable bonds is 1. The van der Waals surface area contributed by atoms with Crippen LogP contribution in [0.25, 0.3) is 11.1 Å². The van der Waals surface area contributed by atoms with Gasteiger partial charge in [0.25, 0.3) is 0 Å². The van der Waals surface area contributed by atoms with E-state index in [9.17, 15) is 0 Å². The largest absolute Gasteiger partial charge is 0.0622 e. The van der Waals surface area contributed by atoms with E-state index >= 15 is 0 Å². The second-order valence-electron chi connectivity index (χ2n) is 5.65. The first-order valence-electron chi connectivity index (χ1n) is 6.87. The molecule has 0 aliphatic heterocycles. The highest BCUT2D eigenvalue weighted by atomic mass is 14.4. The quantitative estimate of drug-likeness (QED) is 0.637. The molecular weight excluding hydrogens is 216 g/mol. The molecule has 3 rings (SSSR count). The minimum Gasteiger partial charge on any atom is -0.0622 e. The van der Waals surface area contributed by atoms with E-state index in [1.54, 1.807) is 11.1 Å². The molecule has 2 aromatic carbocycles. The summed E-state index contributed by atoms with van der Waals surface area (Å²) in [6, 6.07) is 17.7. The van der Waals surface area contributed by atoms with Crippen molar-refractivity contribution < 1.29 is 0 Å². The fraction of sp³-hybridized carbons (Fsp3) is 0.333. The molecule has 0 spiro atoms. The Morgan fingerprint density at radius 3 is 2.06 bits per heavy atom. The molecule has 18 heavy (non-hydrogen) atoms. The molecule has 3 unspecified atom stereocenters. The molecule has 1 aliphatic carbocycles. The van der Waals surface area contributed by atoms with E-state index in [1.165, 1.54) is 11.1 Å². The first-order chi connectivity index (χ1) is 8.68. The number of benzene rings is 2. The van der Waals surface area contributed by atoms with Crippen molar-refractivity contribution in [2.24, 2.45) is 5.92 Å². The minimum absolute atomic E-state index is 0.679. The van der Waals surface area contributed by atoms with Gasteiger partial charge in [0.05, 0.1) is 0 Å². The van der Waals surface area contributed by atoms with Gasteiger partial charge in [-0.05, 0) is 40.0 Å². The van der Waals surface area contributed by atoms with Gasteiger partial charge < -0.3 is 0 Å². The summed E-state index contributed by atoms with van der Waals surface area (Å²) >= 11 is 0. The predicted octanol–water partition coefficient (Wildman–Crippen LogP) is 5.21. The Kier molecular flexibility index (Phi) is 2.74. The summed E-state index contributed by atoms with van der Waals surface area (Å²) in [7, 11) is 0. The summed E-state index contributed by atoms with van der Waals surface area (Å²) in [6.07, 6.45) is 0. The lowest BCUT2D eigenvalue weighted by Crippen LogP contribution is -2.01. The maximum Gasteiger partial charge on any atom is -0.0156 e. The molecule has 0 saturated carbocycles. The molecule has 0 heterocycles. The van der Waals surface area contributed by atoms with Gasteiger partial charge in [-0.3, -0.25) is 0 Å². The van der Waals surface area contributed by atoms with Gasteiger partial charge in [0, 0.05) is 0 Å². The lowest BCUT2D eigenvalue weighted by atomic mass is 9.91. The average molecular weight is 236 g/mol. The Balaban J connectivity index is 2.08. The molecule has 1 aliphatic rings. The number of hydrogen-bond donors (Lipinski definition) is 0. The fourth-order valence-corrected chi connectivity index (χ4v) is 3.19. The standard InChI is InChI=1S/C18H20/c1-12-13(2)17-10-9-16(11-18(17)14(12)3)15-7-5-4-6-8-15/h4-14H,1-3H3. The molecule has 0 fully saturated rings. The predicted molar refractivity (Wildman–Crippen MR) is 77.9 cm³/mol. The highest BCUT2D eigenvalue weighted by Gasteiger charge is 2.32. The second kappa shape index (κ2) is 4.28. The summed E-state index contributed by atoms with van der Waals surface area (Å²) in [5.74, 6) is 2.13. The van der Waals surface area contributed by atoms with E-state index in [1.807, 2.05) is 0 Å². The summed E-state index contributed by atoms with van der Waals surface area (Å²) in [6.45, 7) is 7.09. The monoisotopic (exact) mass is 236 g/mol. The van der Waals surface area contributed by atoms with Crippen molar-refractivity contribution in [1.82, 2.24) is 0 Å². The van der Waals surface area contributed by atoms with Gasteiger partial charge in [-0.15, -0.1) is 0 Å². The normalized spacial score (nSPS) is 26.1. The SMILES string of the molecule is CC1c2ccc(-c3ccccc3)cc2C(C)C1C. The summed E-state index contributed by atoms with van der Waals surface area (Å²) in [4.78, 5) is 0. The number of fused-ring (bicyclic) bond motifs is 1. The Bertz CT molecular complexity index is 554. The summed E-state index contributed by atoms with van der Waals surface area (Å²) < 4.78 is 0. The smallest absolute Gasteiger partial charge is 0.0156 e. The van der Waals surface area contributed by atoms with Gasteiger partial charge in [-0.25, -0.2) is 0 Å². The van der Waals surface area contributed by atoms with Crippen molar-refractivity contribution in [3.63, 3.8) is 0 Å². The molecular formula is C18H20. The van der Waals surface area contributed by atoms with Gasteiger partial charge in [-0.1, -0.05) is 69.3 Å². The van der Waals surface area contributed by atoms with E-state index in [0.717, 1.165) is 5.92 Å². The van der Waals surface area contributed by atoms with Crippen molar-refractivity contribution in [2.45, 2.75) is 32.6 Å². The fourth-order valence-electron chi connectivity index (χ4n) is 3.19.